The minimum atomic E-state index is -0.186. The summed E-state index contributed by atoms with van der Waals surface area (Å²) in [6, 6.07) is 3.18. The van der Waals surface area contributed by atoms with Crippen LogP contribution in [0.4, 0.5) is 0 Å². The van der Waals surface area contributed by atoms with E-state index in [0.717, 1.165) is 0 Å². The van der Waals surface area contributed by atoms with Crippen LogP contribution in [0, 0.1) is 0 Å². The van der Waals surface area contributed by atoms with Crippen molar-refractivity contribution in [1.29, 1.82) is 0 Å². The molecule has 2 rings (SSSR count). The molecule has 15 heavy (non-hydrogen) atoms. The second-order valence-electron chi connectivity index (χ2n) is 3.28. The van der Waals surface area contributed by atoms with E-state index in [2.05, 4.69) is 0 Å². The average Bonchev–Trinajstić information content (AvgIpc) is 2.53. The van der Waals surface area contributed by atoms with Crippen LogP contribution in [0.1, 0.15) is 27.1 Å². The highest BCUT2D eigenvalue weighted by atomic mass is 16.5. The van der Waals surface area contributed by atoms with Crippen molar-refractivity contribution < 1.29 is 19.1 Å². The van der Waals surface area contributed by atoms with Crippen LogP contribution in [0.15, 0.2) is 12.1 Å². The van der Waals surface area contributed by atoms with Crippen LogP contribution >= 0.6 is 0 Å². The van der Waals surface area contributed by atoms with Gasteiger partial charge in [0.25, 0.3) is 0 Å². The van der Waals surface area contributed by atoms with Crippen LogP contribution < -0.4 is 9.47 Å². The molecule has 0 atom stereocenters. The molecule has 4 nitrogen and oxygen atoms in total. The van der Waals surface area contributed by atoms with Gasteiger partial charge < -0.3 is 9.47 Å². The van der Waals surface area contributed by atoms with Gasteiger partial charge in [-0.15, -0.1) is 0 Å². The Morgan fingerprint density at radius 3 is 2.40 bits per heavy atom. The van der Waals surface area contributed by atoms with Gasteiger partial charge in [0.2, 0.25) is 0 Å². The van der Waals surface area contributed by atoms with Crippen molar-refractivity contribution in [2.45, 2.75) is 6.42 Å². The minimum absolute atomic E-state index is 0.0706. The largest absolute Gasteiger partial charge is 0.497 e. The zero-order chi connectivity index (χ0) is 11.0. The lowest BCUT2D eigenvalue weighted by Gasteiger charge is -2.08. The molecular formula is C11H10O4. The quantitative estimate of drug-likeness (QED) is 0.687. The summed E-state index contributed by atoms with van der Waals surface area (Å²) in [6.45, 7) is 0. The SMILES string of the molecule is COc1cc(OC)c2c(c1)C(=O)CC2=O. The number of methoxy groups -OCH3 is 2. The Bertz CT molecular complexity index is 448. The van der Waals surface area contributed by atoms with Crippen LogP contribution in [-0.2, 0) is 0 Å². The highest BCUT2D eigenvalue weighted by Crippen LogP contribution is 2.34. The van der Waals surface area contributed by atoms with Gasteiger partial charge in [-0.25, -0.2) is 0 Å². The topological polar surface area (TPSA) is 52.6 Å². The second-order valence-corrected chi connectivity index (χ2v) is 3.28. The summed E-state index contributed by atoms with van der Waals surface area (Å²) < 4.78 is 10.1. The zero-order valence-electron chi connectivity index (χ0n) is 8.49. The van der Waals surface area contributed by atoms with Crippen molar-refractivity contribution in [3.8, 4) is 11.5 Å². The number of hydrogen-bond donors (Lipinski definition) is 0. The lowest BCUT2D eigenvalue weighted by atomic mass is 10.1. The summed E-state index contributed by atoms with van der Waals surface area (Å²) in [7, 11) is 2.97. The maximum Gasteiger partial charge on any atom is 0.175 e. The Morgan fingerprint density at radius 1 is 1.07 bits per heavy atom. The van der Waals surface area contributed by atoms with Crippen molar-refractivity contribution in [3.05, 3.63) is 23.3 Å². The highest BCUT2D eigenvalue weighted by molar-refractivity contribution is 6.25. The first-order valence-electron chi connectivity index (χ1n) is 4.49. The molecule has 1 aromatic carbocycles. The molecule has 0 fully saturated rings. The molecule has 1 aromatic rings. The van der Waals surface area contributed by atoms with E-state index < -0.39 is 0 Å². The maximum atomic E-state index is 11.5. The van der Waals surface area contributed by atoms with Crippen LogP contribution in [-0.4, -0.2) is 25.8 Å². The number of carbonyl (C=O) groups excluding carboxylic acids is 2. The Balaban J connectivity index is 2.67. The number of ketones is 2. The Morgan fingerprint density at radius 2 is 1.80 bits per heavy atom. The van der Waals surface area contributed by atoms with Crippen molar-refractivity contribution in [3.63, 3.8) is 0 Å². The summed E-state index contributed by atoms with van der Waals surface area (Å²) in [5.41, 5.74) is 0.777. The molecule has 4 heteroatoms. The molecule has 0 heterocycles. The molecule has 0 aliphatic heterocycles. The van der Waals surface area contributed by atoms with Crippen LogP contribution in [0.2, 0.25) is 0 Å². The van der Waals surface area contributed by atoms with E-state index in [9.17, 15) is 9.59 Å². The molecule has 0 N–H and O–H groups in total. The third-order valence-corrected chi connectivity index (χ3v) is 2.43. The number of carbonyl (C=O) groups is 2. The number of hydrogen-bond acceptors (Lipinski definition) is 4. The van der Waals surface area contributed by atoms with Gasteiger partial charge in [0.15, 0.2) is 11.6 Å². The smallest absolute Gasteiger partial charge is 0.175 e. The van der Waals surface area contributed by atoms with E-state index in [-0.39, 0.29) is 18.0 Å². The summed E-state index contributed by atoms with van der Waals surface area (Å²) in [5, 5.41) is 0. The van der Waals surface area contributed by atoms with Gasteiger partial charge in [0, 0.05) is 11.6 Å². The van der Waals surface area contributed by atoms with Gasteiger partial charge in [-0.1, -0.05) is 0 Å². The lowest BCUT2D eigenvalue weighted by molar-refractivity contribution is 0.0922. The van der Waals surface area contributed by atoms with Crippen molar-refractivity contribution in [2.75, 3.05) is 14.2 Å². The van der Waals surface area contributed by atoms with Crippen molar-refractivity contribution in [2.24, 2.45) is 0 Å². The van der Waals surface area contributed by atoms with Gasteiger partial charge >= 0.3 is 0 Å². The molecule has 0 bridgehead atoms. The normalized spacial score (nSPS) is 14.0. The fourth-order valence-electron chi connectivity index (χ4n) is 1.71. The van der Waals surface area contributed by atoms with E-state index in [1.54, 1.807) is 12.1 Å². The maximum absolute atomic E-state index is 11.5. The van der Waals surface area contributed by atoms with Gasteiger partial charge in [0.1, 0.15) is 11.5 Å². The molecule has 0 saturated carbocycles. The van der Waals surface area contributed by atoms with Gasteiger partial charge in [-0.2, -0.15) is 0 Å². The Hall–Kier alpha value is -1.84. The van der Waals surface area contributed by atoms with E-state index >= 15 is 0 Å². The van der Waals surface area contributed by atoms with Gasteiger partial charge in [-0.3, -0.25) is 9.59 Å². The average molecular weight is 206 g/mol. The predicted octanol–water partition coefficient (Wildman–Crippen LogP) is 1.47. The summed E-state index contributed by atoms with van der Waals surface area (Å²) in [4.78, 5) is 23.0. The minimum Gasteiger partial charge on any atom is -0.497 e. The number of fused-ring (bicyclic) bond motifs is 1. The number of benzene rings is 1. The first-order chi connectivity index (χ1) is 7.17. The molecule has 0 spiro atoms. The molecule has 1 aliphatic rings. The van der Waals surface area contributed by atoms with Crippen LogP contribution in [0.5, 0.6) is 11.5 Å². The van der Waals surface area contributed by atoms with E-state index in [1.165, 1.54) is 14.2 Å². The van der Waals surface area contributed by atoms with E-state index in [4.69, 9.17) is 9.47 Å². The fourth-order valence-corrected chi connectivity index (χ4v) is 1.71. The highest BCUT2D eigenvalue weighted by Gasteiger charge is 2.31. The van der Waals surface area contributed by atoms with E-state index in [1.807, 2.05) is 0 Å². The summed E-state index contributed by atoms with van der Waals surface area (Å²) in [5.74, 6) is 0.565. The summed E-state index contributed by atoms with van der Waals surface area (Å²) in [6.07, 6.45) is -0.0706. The standard InChI is InChI=1S/C11H10O4/c1-14-6-3-7-8(12)5-9(13)11(7)10(4-6)15-2/h3-4H,5H2,1-2H3. The first-order valence-corrected chi connectivity index (χ1v) is 4.49. The Kier molecular flexibility index (Phi) is 2.19. The van der Waals surface area contributed by atoms with Crippen molar-refractivity contribution in [1.82, 2.24) is 0 Å². The molecule has 0 amide bonds. The molecule has 78 valence electrons. The molecule has 1 aliphatic carbocycles. The molecule has 0 saturated heterocycles. The number of ether oxygens (including phenoxy) is 2. The zero-order valence-corrected chi connectivity index (χ0v) is 8.49. The lowest BCUT2D eigenvalue weighted by Crippen LogP contribution is -1.98. The van der Waals surface area contributed by atoms with Gasteiger partial charge in [-0.05, 0) is 6.07 Å². The van der Waals surface area contributed by atoms with Crippen LogP contribution in [0.25, 0.3) is 0 Å². The molecule has 0 unspecified atom stereocenters. The van der Waals surface area contributed by atoms with Crippen molar-refractivity contribution >= 4 is 11.6 Å². The predicted molar refractivity (Wildman–Crippen MR) is 52.8 cm³/mol. The Labute approximate surface area is 86.8 Å². The number of Topliss-reactive ketones (excluding diaryl/α,β-unsaturated/α-hetero) is 2. The monoisotopic (exact) mass is 206 g/mol. The van der Waals surface area contributed by atoms with E-state index in [0.29, 0.717) is 22.6 Å². The molecular weight excluding hydrogens is 196 g/mol. The van der Waals surface area contributed by atoms with Gasteiger partial charge in [0.05, 0.1) is 26.2 Å². The fraction of sp³-hybridized carbons (Fsp3) is 0.273. The third kappa shape index (κ3) is 1.38. The second kappa shape index (κ2) is 3.38. The molecule has 0 radical (unpaired) electrons. The third-order valence-electron chi connectivity index (χ3n) is 2.43. The van der Waals surface area contributed by atoms with Crippen LogP contribution in [0.3, 0.4) is 0 Å². The number of rotatable bonds is 2. The molecule has 0 aromatic heterocycles. The first kappa shape index (κ1) is 9.71. The summed E-state index contributed by atoms with van der Waals surface area (Å²) >= 11 is 0.